The van der Waals surface area contributed by atoms with Crippen molar-refractivity contribution in [1.82, 2.24) is 19.6 Å². The molecule has 1 aromatic carbocycles. The largest absolute Gasteiger partial charge is 0.266 e. The Bertz CT molecular complexity index is 1000. The second-order valence-corrected chi connectivity index (χ2v) is 7.44. The maximum absolute atomic E-state index is 12.8. The highest BCUT2D eigenvalue weighted by molar-refractivity contribution is 7.92. The van der Waals surface area contributed by atoms with Gasteiger partial charge in [0.25, 0.3) is 21.7 Å². The van der Waals surface area contributed by atoms with E-state index in [-0.39, 0.29) is 17.4 Å². The number of halogens is 1. The van der Waals surface area contributed by atoms with Crippen molar-refractivity contribution in [3.8, 4) is 0 Å². The molecule has 0 bridgehead atoms. The van der Waals surface area contributed by atoms with Crippen LogP contribution in [0, 0.1) is 13.8 Å². The van der Waals surface area contributed by atoms with Crippen LogP contribution in [0.4, 0.5) is 5.95 Å². The topological polar surface area (TPSA) is 80.5 Å². The van der Waals surface area contributed by atoms with Gasteiger partial charge < -0.3 is 0 Å². The van der Waals surface area contributed by atoms with Crippen molar-refractivity contribution in [2.24, 2.45) is 0 Å². The normalized spacial score (nSPS) is 11.8. The quantitative estimate of drug-likeness (QED) is 0.710. The van der Waals surface area contributed by atoms with E-state index in [0.29, 0.717) is 22.2 Å². The Balaban J connectivity index is 2.16. The SMILES string of the molecule is CCN(c1nc2nc(C)c(Cl)c(C)n2n1)S(=O)(=O)c1ccccc1. The molecule has 24 heavy (non-hydrogen) atoms. The smallest absolute Gasteiger partial charge is 0.233 e. The van der Waals surface area contributed by atoms with Crippen LogP contribution in [0.15, 0.2) is 35.2 Å². The summed E-state index contributed by atoms with van der Waals surface area (Å²) in [4.78, 5) is 8.72. The van der Waals surface area contributed by atoms with E-state index in [9.17, 15) is 8.42 Å². The Morgan fingerprint density at radius 2 is 1.83 bits per heavy atom. The molecule has 2 heterocycles. The van der Waals surface area contributed by atoms with Crippen LogP contribution in [0.25, 0.3) is 5.78 Å². The zero-order valence-electron chi connectivity index (χ0n) is 13.4. The van der Waals surface area contributed by atoms with Gasteiger partial charge in [-0.05, 0) is 32.9 Å². The second-order valence-electron chi connectivity index (χ2n) is 5.20. The lowest BCUT2D eigenvalue weighted by atomic mass is 10.3. The van der Waals surface area contributed by atoms with Gasteiger partial charge in [-0.3, -0.25) is 0 Å². The third-order valence-electron chi connectivity index (χ3n) is 3.64. The van der Waals surface area contributed by atoms with Gasteiger partial charge in [-0.25, -0.2) is 17.7 Å². The third kappa shape index (κ3) is 2.61. The molecule has 0 unspecified atom stereocenters. The molecule has 0 saturated carbocycles. The molecule has 7 nitrogen and oxygen atoms in total. The van der Waals surface area contributed by atoms with Gasteiger partial charge in [0.05, 0.1) is 21.3 Å². The van der Waals surface area contributed by atoms with E-state index in [1.807, 2.05) is 0 Å². The van der Waals surface area contributed by atoms with Crippen molar-refractivity contribution < 1.29 is 8.42 Å². The molecule has 0 fully saturated rings. The van der Waals surface area contributed by atoms with E-state index in [0.717, 1.165) is 4.31 Å². The number of fused-ring (bicyclic) bond motifs is 1. The van der Waals surface area contributed by atoms with Gasteiger partial charge in [0.1, 0.15) is 0 Å². The van der Waals surface area contributed by atoms with Crippen molar-refractivity contribution in [3.63, 3.8) is 0 Å². The molecule has 0 aliphatic rings. The summed E-state index contributed by atoms with van der Waals surface area (Å²) in [6, 6.07) is 8.19. The van der Waals surface area contributed by atoms with E-state index in [4.69, 9.17) is 11.6 Å². The number of benzene rings is 1. The molecular formula is C15H16ClN5O2S. The van der Waals surface area contributed by atoms with E-state index >= 15 is 0 Å². The molecule has 0 N–H and O–H groups in total. The number of aryl methyl sites for hydroxylation is 2. The predicted molar refractivity (Wildman–Crippen MR) is 91.9 cm³/mol. The molecule has 2 aromatic heterocycles. The summed E-state index contributed by atoms with van der Waals surface area (Å²) in [7, 11) is -3.75. The molecule has 0 atom stereocenters. The first-order chi connectivity index (χ1) is 11.4. The number of rotatable bonds is 4. The Hall–Kier alpha value is -2.19. The van der Waals surface area contributed by atoms with Crippen molar-refractivity contribution in [3.05, 3.63) is 46.7 Å². The lowest BCUT2D eigenvalue weighted by Crippen LogP contribution is -2.31. The summed E-state index contributed by atoms with van der Waals surface area (Å²) in [5.41, 5.74) is 1.28. The van der Waals surface area contributed by atoms with Gasteiger partial charge in [-0.2, -0.15) is 9.50 Å². The third-order valence-corrected chi connectivity index (χ3v) is 6.06. The Morgan fingerprint density at radius 1 is 1.17 bits per heavy atom. The average molecular weight is 366 g/mol. The van der Waals surface area contributed by atoms with Crippen LogP contribution in [0.1, 0.15) is 18.3 Å². The van der Waals surface area contributed by atoms with E-state index in [1.165, 1.54) is 16.6 Å². The van der Waals surface area contributed by atoms with Gasteiger partial charge in [0.15, 0.2) is 0 Å². The minimum Gasteiger partial charge on any atom is -0.233 e. The molecule has 126 valence electrons. The first kappa shape index (κ1) is 16.7. The van der Waals surface area contributed by atoms with Crippen molar-refractivity contribution in [2.75, 3.05) is 10.8 Å². The highest BCUT2D eigenvalue weighted by atomic mass is 35.5. The molecule has 0 saturated heterocycles. The first-order valence-corrected chi connectivity index (χ1v) is 9.15. The molecule has 3 rings (SSSR count). The lowest BCUT2D eigenvalue weighted by molar-refractivity contribution is 0.590. The van der Waals surface area contributed by atoms with Gasteiger partial charge in [-0.1, -0.05) is 29.8 Å². The Labute approximate surface area is 145 Å². The molecule has 0 aliphatic carbocycles. The van der Waals surface area contributed by atoms with Crippen molar-refractivity contribution >= 4 is 33.4 Å². The highest BCUT2D eigenvalue weighted by Crippen LogP contribution is 2.23. The number of nitrogens with zero attached hydrogens (tertiary/aromatic N) is 5. The monoisotopic (exact) mass is 365 g/mol. The van der Waals surface area contributed by atoms with Crippen LogP contribution in [-0.4, -0.2) is 34.5 Å². The van der Waals surface area contributed by atoms with Crippen LogP contribution >= 0.6 is 11.6 Å². The van der Waals surface area contributed by atoms with Gasteiger partial charge in [-0.15, -0.1) is 5.10 Å². The van der Waals surface area contributed by atoms with Crippen LogP contribution in [0.5, 0.6) is 0 Å². The van der Waals surface area contributed by atoms with Crippen LogP contribution < -0.4 is 4.31 Å². The molecule has 0 radical (unpaired) electrons. The molecule has 0 spiro atoms. The molecule has 9 heteroatoms. The van der Waals surface area contributed by atoms with Gasteiger partial charge in [0.2, 0.25) is 0 Å². The minimum atomic E-state index is -3.75. The molecule has 3 aromatic rings. The number of hydrogen-bond acceptors (Lipinski definition) is 5. The van der Waals surface area contributed by atoms with Gasteiger partial charge >= 0.3 is 0 Å². The maximum atomic E-state index is 12.8. The fourth-order valence-corrected chi connectivity index (χ4v) is 3.90. The summed E-state index contributed by atoms with van der Waals surface area (Å²) >= 11 is 6.18. The number of anilines is 1. The Morgan fingerprint density at radius 3 is 2.46 bits per heavy atom. The number of hydrogen-bond donors (Lipinski definition) is 0. The summed E-state index contributed by atoms with van der Waals surface area (Å²) in [5, 5.41) is 4.76. The van der Waals surface area contributed by atoms with E-state index in [2.05, 4.69) is 15.1 Å². The highest BCUT2D eigenvalue weighted by Gasteiger charge is 2.27. The first-order valence-electron chi connectivity index (χ1n) is 7.33. The Kier molecular flexibility index (Phi) is 4.18. The van der Waals surface area contributed by atoms with E-state index in [1.54, 1.807) is 39.0 Å². The molecule has 0 amide bonds. The minimum absolute atomic E-state index is 0.0682. The van der Waals surface area contributed by atoms with E-state index < -0.39 is 10.0 Å². The lowest BCUT2D eigenvalue weighted by Gasteiger charge is -2.18. The summed E-state index contributed by atoms with van der Waals surface area (Å²) in [6.07, 6.45) is 0. The van der Waals surface area contributed by atoms with Crippen molar-refractivity contribution in [1.29, 1.82) is 0 Å². The summed E-state index contributed by atoms with van der Waals surface area (Å²) < 4.78 is 28.3. The van der Waals surface area contributed by atoms with Crippen LogP contribution in [-0.2, 0) is 10.0 Å². The maximum Gasteiger partial charge on any atom is 0.266 e. The van der Waals surface area contributed by atoms with Crippen LogP contribution in [0.2, 0.25) is 5.02 Å². The van der Waals surface area contributed by atoms with Crippen molar-refractivity contribution in [2.45, 2.75) is 25.7 Å². The summed E-state index contributed by atoms with van der Waals surface area (Å²) in [6.45, 7) is 5.47. The average Bonchev–Trinajstić information content (AvgIpc) is 2.97. The van der Waals surface area contributed by atoms with Gasteiger partial charge in [0, 0.05) is 6.54 Å². The fourth-order valence-electron chi connectivity index (χ4n) is 2.39. The zero-order chi connectivity index (χ0) is 17.5. The molecular weight excluding hydrogens is 350 g/mol. The second kappa shape index (κ2) is 6.03. The number of aromatic nitrogens is 4. The number of sulfonamides is 1. The fraction of sp³-hybridized carbons (Fsp3) is 0.267. The predicted octanol–water partition coefficient (Wildman–Crippen LogP) is 2.61. The summed E-state index contributed by atoms with van der Waals surface area (Å²) in [5.74, 6) is 0.379. The standard InChI is InChI=1S/C15H16ClN5O2S/c1-4-20(24(22,23)12-8-6-5-7-9-12)15-18-14-17-10(2)13(16)11(3)21(14)19-15/h5-9H,4H2,1-3H3. The zero-order valence-corrected chi connectivity index (χ0v) is 15.0. The van der Waals surface area contributed by atoms with Crippen LogP contribution in [0.3, 0.4) is 0 Å². The molecule has 0 aliphatic heterocycles.